The fraction of sp³-hybridized carbons (Fsp3) is 0.211. The lowest BCUT2D eigenvalue weighted by atomic mass is 9.86. The summed E-state index contributed by atoms with van der Waals surface area (Å²) in [5.41, 5.74) is 2.01. The Hall–Kier alpha value is -2.75. The molecule has 0 amide bonds. The van der Waals surface area contributed by atoms with Gasteiger partial charge in [0.25, 0.3) is 0 Å². The molecule has 0 radical (unpaired) electrons. The molecule has 0 atom stereocenters. The number of phenols is 1. The van der Waals surface area contributed by atoms with E-state index in [1.165, 1.54) is 0 Å². The van der Waals surface area contributed by atoms with Crippen molar-refractivity contribution in [2.75, 3.05) is 0 Å². The van der Waals surface area contributed by atoms with Crippen LogP contribution in [0.2, 0.25) is 0 Å². The Labute approximate surface area is 135 Å². The largest absolute Gasteiger partial charge is 0.505 e. The van der Waals surface area contributed by atoms with Crippen LogP contribution in [0.4, 0.5) is 11.5 Å². The first-order chi connectivity index (χ1) is 10.9. The summed E-state index contributed by atoms with van der Waals surface area (Å²) in [5, 5.41) is 19.8. The molecule has 3 aromatic rings. The minimum absolute atomic E-state index is 0.156. The Bertz CT molecular complexity index is 879. The van der Waals surface area contributed by atoms with Crippen molar-refractivity contribution in [2.45, 2.75) is 26.2 Å². The molecule has 3 rings (SSSR count). The van der Waals surface area contributed by atoms with Gasteiger partial charge in [-0.1, -0.05) is 51.1 Å². The summed E-state index contributed by atoms with van der Waals surface area (Å²) in [6.45, 7) is 6.15. The van der Waals surface area contributed by atoms with Gasteiger partial charge in [0.2, 0.25) is 0 Å². The fourth-order valence-corrected chi connectivity index (χ4v) is 2.43. The van der Waals surface area contributed by atoms with E-state index < -0.39 is 0 Å². The average Bonchev–Trinajstić information content (AvgIpc) is 2.52. The van der Waals surface area contributed by atoms with Crippen molar-refractivity contribution < 1.29 is 5.11 Å². The van der Waals surface area contributed by atoms with Crippen LogP contribution in [0.25, 0.3) is 10.9 Å². The van der Waals surface area contributed by atoms with Gasteiger partial charge < -0.3 is 5.11 Å². The van der Waals surface area contributed by atoms with Gasteiger partial charge in [-0.25, -0.2) is 4.98 Å². The van der Waals surface area contributed by atoms with E-state index in [0.717, 1.165) is 16.5 Å². The van der Waals surface area contributed by atoms with E-state index in [2.05, 4.69) is 15.2 Å². The SMILES string of the molecule is CC(C)(C)c1cccc(N=Nc2ccc3ccccc3n2)c1O. The molecule has 2 aromatic carbocycles. The van der Waals surface area contributed by atoms with Gasteiger partial charge >= 0.3 is 0 Å². The molecule has 0 saturated heterocycles. The van der Waals surface area contributed by atoms with Gasteiger partial charge in [-0.15, -0.1) is 10.2 Å². The van der Waals surface area contributed by atoms with Crippen molar-refractivity contribution in [1.82, 2.24) is 4.98 Å². The van der Waals surface area contributed by atoms with Crippen LogP contribution in [-0.4, -0.2) is 10.1 Å². The second-order valence-corrected chi connectivity index (χ2v) is 6.49. The summed E-state index contributed by atoms with van der Waals surface area (Å²) >= 11 is 0. The van der Waals surface area contributed by atoms with E-state index in [1.54, 1.807) is 6.07 Å². The van der Waals surface area contributed by atoms with Gasteiger partial charge in [0.1, 0.15) is 11.4 Å². The Morgan fingerprint density at radius 1 is 0.870 bits per heavy atom. The third-order valence-electron chi connectivity index (χ3n) is 3.67. The average molecular weight is 305 g/mol. The van der Waals surface area contributed by atoms with Crippen LogP contribution in [0.5, 0.6) is 5.75 Å². The smallest absolute Gasteiger partial charge is 0.174 e. The number of pyridine rings is 1. The van der Waals surface area contributed by atoms with Crippen molar-refractivity contribution in [3.63, 3.8) is 0 Å². The number of azo groups is 1. The molecule has 0 spiro atoms. The molecule has 0 aliphatic rings. The molecule has 1 heterocycles. The van der Waals surface area contributed by atoms with E-state index in [4.69, 9.17) is 0 Å². The van der Waals surface area contributed by atoms with E-state index in [1.807, 2.05) is 69.3 Å². The number of rotatable bonds is 2. The first-order valence-corrected chi connectivity index (χ1v) is 7.55. The number of hydrogen-bond acceptors (Lipinski definition) is 4. The maximum Gasteiger partial charge on any atom is 0.174 e. The van der Waals surface area contributed by atoms with Crippen molar-refractivity contribution in [3.8, 4) is 5.75 Å². The molecular formula is C19H19N3O. The van der Waals surface area contributed by atoms with Crippen molar-refractivity contribution in [2.24, 2.45) is 10.2 Å². The second-order valence-electron chi connectivity index (χ2n) is 6.49. The minimum Gasteiger partial charge on any atom is -0.505 e. The summed E-state index contributed by atoms with van der Waals surface area (Å²) < 4.78 is 0. The molecule has 0 saturated carbocycles. The van der Waals surface area contributed by atoms with Gasteiger partial charge in [0.05, 0.1) is 5.52 Å². The summed E-state index contributed by atoms with van der Waals surface area (Å²) in [5.74, 6) is 0.689. The lowest BCUT2D eigenvalue weighted by Gasteiger charge is -2.20. The summed E-state index contributed by atoms with van der Waals surface area (Å²) in [6.07, 6.45) is 0. The highest BCUT2D eigenvalue weighted by molar-refractivity contribution is 5.79. The molecule has 1 N–H and O–H groups in total. The van der Waals surface area contributed by atoms with Crippen LogP contribution < -0.4 is 0 Å². The molecule has 0 aliphatic heterocycles. The van der Waals surface area contributed by atoms with Gasteiger partial charge in [0.15, 0.2) is 5.82 Å². The first kappa shape index (κ1) is 15.2. The number of aromatic nitrogens is 1. The van der Waals surface area contributed by atoms with E-state index in [9.17, 15) is 5.11 Å². The molecule has 0 aliphatic carbocycles. The summed E-state index contributed by atoms with van der Waals surface area (Å²) in [6, 6.07) is 17.2. The van der Waals surface area contributed by atoms with E-state index in [-0.39, 0.29) is 11.2 Å². The van der Waals surface area contributed by atoms with Crippen molar-refractivity contribution in [1.29, 1.82) is 0 Å². The molecule has 116 valence electrons. The number of hydrogen-bond donors (Lipinski definition) is 1. The second kappa shape index (κ2) is 5.80. The number of benzene rings is 2. The maximum atomic E-state index is 10.4. The monoisotopic (exact) mass is 305 g/mol. The topological polar surface area (TPSA) is 57.8 Å². The van der Waals surface area contributed by atoms with E-state index in [0.29, 0.717) is 11.5 Å². The highest BCUT2D eigenvalue weighted by Gasteiger charge is 2.19. The Morgan fingerprint density at radius 3 is 2.43 bits per heavy atom. The number of para-hydroxylation sites is 2. The maximum absolute atomic E-state index is 10.4. The molecule has 0 fully saturated rings. The Kier molecular flexibility index (Phi) is 3.82. The van der Waals surface area contributed by atoms with Crippen LogP contribution in [0.15, 0.2) is 64.8 Å². The Morgan fingerprint density at radius 2 is 1.65 bits per heavy atom. The third-order valence-corrected chi connectivity index (χ3v) is 3.67. The van der Waals surface area contributed by atoms with Gasteiger partial charge in [-0.05, 0) is 29.7 Å². The van der Waals surface area contributed by atoms with Crippen LogP contribution >= 0.6 is 0 Å². The lowest BCUT2D eigenvalue weighted by molar-refractivity contribution is 0.448. The zero-order valence-electron chi connectivity index (χ0n) is 13.5. The molecule has 4 nitrogen and oxygen atoms in total. The zero-order chi connectivity index (χ0) is 16.4. The van der Waals surface area contributed by atoms with Crippen molar-refractivity contribution >= 4 is 22.4 Å². The highest BCUT2D eigenvalue weighted by Crippen LogP contribution is 2.37. The van der Waals surface area contributed by atoms with Gasteiger partial charge in [0, 0.05) is 10.9 Å². The zero-order valence-corrected chi connectivity index (χ0v) is 13.5. The summed E-state index contributed by atoms with van der Waals surface area (Å²) in [4.78, 5) is 4.45. The number of phenolic OH excluding ortho intramolecular Hbond substituents is 1. The number of nitrogens with zero attached hydrogens (tertiary/aromatic N) is 3. The minimum atomic E-state index is -0.156. The normalized spacial score (nSPS) is 12.1. The summed E-state index contributed by atoms with van der Waals surface area (Å²) in [7, 11) is 0. The predicted octanol–water partition coefficient (Wildman–Crippen LogP) is 5.65. The fourth-order valence-electron chi connectivity index (χ4n) is 2.43. The predicted molar refractivity (Wildman–Crippen MR) is 92.7 cm³/mol. The number of aromatic hydroxyl groups is 1. The quantitative estimate of drug-likeness (QED) is 0.622. The van der Waals surface area contributed by atoms with Crippen LogP contribution in [-0.2, 0) is 5.41 Å². The number of fused-ring (bicyclic) bond motifs is 1. The molecule has 0 unspecified atom stereocenters. The first-order valence-electron chi connectivity index (χ1n) is 7.55. The van der Waals surface area contributed by atoms with Crippen LogP contribution in [0.3, 0.4) is 0 Å². The Balaban J connectivity index is 1.96. The third kappa shape index (κ3) is 3.21. The van der Waals surface area contributed by atoms with Gasteiger partial charge in [-0.2, -0.15) is 0 Å². The molecule has 1 aromatic heterocycles. The van der Waals surface area contributed by atoms with Crippen molar-refractivity contribution in [3.05, 3.63) is 60.2 Å². The van der Waals surface area contributed by atoms with E-state index >= 15 is 0 Å². The van der Waals surface area contributed by atoms with Crippen LogP contribution in [0, 0.1) is 0 Å². The standard InChI is InChI=1S/C19H19N3O/c1-19(2,3)14-8-6-10-16(18(14)23)21-22-17-12-11-13-7-4-5-9-15(13)20-17/h4-12,23H,1-3H3. The molecule has 23 heavy (non-hydrogen) atoms. The molecule has 4 heteroatoms. The van der Waals surface area contributed by atoms with Crippen LogP contribution in [0.1, 0.15) is 26.3 Å². The van der Waals surface area contributed by atoms with Gasteiger partial charge in [-0.3, -0.25) is 0 Å². The lowest BCUT2D eigenvalue weighted by Crippen LogP contribution is -2.10. The molecular weight excluding hydrogens is 286 g/mol. The highest BCUT2D eigenvalue weighted by atomic mass is 16.3. The molecule has 0 bridgehead atoms.